The van der Waals surface area contributed by atoms with Crippen LogP contribution in [0.15, 0.2) is 46.9 Å². The summed E-state index contributed by atoms with van der Waals surface area (Å²) in [6.07, 6.45) is 0.491. The minimum atomic E-state index is -0.00194. The average Bonchev–Trinajstić information content (AvgIpc) is 2.89. The maximum Gasteiger partial charge on any atom is 0.227 e. The van der Waals surface area contributed by atoms with Gasteiger partial charge in [0.15, 0.2) is 5.58 Å². The number of carbonyl (C=O) groups excluding carboxylic acids is 1. The van der Waals surface area contributed by atoms with Crippen LogP contribution in [0, 0.1) is 5.92 Å². The zero-order chi connectivity index (χ0) is 16.4. The van der Waals surface area contributed by atoms with Gasteiger partial charge < -0.3 is 9.73 Å². The van der Waals surface area contributed by atoms with Crippen molar-refractivity contribution in [2.75, 3.05) is 5.32 Å². The third-order valence-corrected chi connectivity index (χ3v) is 3.57. The fraction of sp³-hybridized carbons (Fsp3) is 0.222. The molecule has 4 nitrogen and oxygen atoms in total. The minimum Gasteiger partial charge on any atom is -0.436 e. The quantitative estimate of drug-likeness (QED) is 0.722. The smallest absolute Gasteiger partial charge is 0.227 e. The summed E-state index contributed by atoms with van der Waals surface area (Å²) in [5.74, 6) is 0.825. The number of hydrogen-bond donors (Lipinski definition) is 1. The monoisotopic (exact) mass is 328 g/mol. The molecule has 0 fully saturated rings. The summed E-state index contributed by atoms with van der Waals surface area (Å²) in [5, 5.41) is 3.51. The number of halogens is 1. The second-order valence-electron chi connectivity index (χ2n) is 5.86. The van der Waals surface area contributed by atoms with Gasteiger partial charge in [-0.3, -0.25) is 4.79 Å². The molecule has 1 N–H and O–H groups in total. The van der Waals surface area contributed by atoms with Gasteiger partial charge in [0.2, 0.25) is 11.8 Å². The number of rotatable bonds is 4. The predicted octanol–water partition coefficient (Wildman–Crippen LogP) is 5.13. The summed E-state index contributed by atoms with van der Waals surface area (Å²) in [5.41, 5.74) is 2.90. The fourth-order valence-electron chi connectivity index (χ4n) is 2.33. The van der Waals surface area contributed by atoms with Gasteiger partial charge in [-0.15, -0.1) is 0 Å². The van der Waals surface area contributed by atoms with E-state index in [1.54, 1.807) is 18.2 Å². The number of carbonyl (C=O) groups is 1. The van der Waals surface area contributed by atoms with Gasteiger partial charge in [0.25, 0.3) is 0 Å². The number of nitrogens with zero attached hydrogens (tertiary/aromatic N) is 1. The number of hydrogen-bond acceptors (Lipinski definition) is 3. The number of nitrogens with one attached hydrogen (secondary N) is 1. The third kappa shape index (κ3) is 3.71. The maximum absolute atomic E-state index is 11.9. The maximum atomic E-state index is 11.9. The molecule has 0 saturated heterocycles. The second kappa shape index (κ2) is 6.42. The van der Waals surface area contributed by atoms with Gasteiger partial charge in [-0.1, -0.05) is 31.5 Å². The van der Waals surface area contributed by atoms with E-state index in [1.807, 2.05) is 38.1 Å². The van der Waals surface area contributed by atoms with E-state index >= 15 is 0 Å². The first-order chi connectivity index (χ1) is 11.0. The molecule has 1 amide bonds. The molecule has 0 aliphatic carbocycles. The number of oxazole rings is 1. The highest BCUT2D eigenvalue weighted by molar-refractivity contribution is 6.30. The topological polar surface area (TPSA) is 55.1 Å². The Morgan fingerprint density at radius 2 is 2.09 bits per heavy atom. The molecule has 2 aromatic carbocycles. The molecule has 3 aromatic rings. The highest BCUT2D eigenvalue weighted by Crippen LogP contribution is 2.27. The van der Waals surface area contributed by atoms with Crippen LogP contribution in [0.1, 0.15) is 20.3 Å². The van der Waals surface area contributed by atoms with Crippen LogP contribution in [0.4, 0.5) is 5.69 Å². The Labute approximate surface area is 139 Å². The summed E-state index contributed by atoms with van der Waals surface area (Å²) in [6.45, 7) is 4.02. The Hall–Kier alpha value is -2.33. The standard InChI is InChI=1S/C18H17ClN2O2/c1-11(2)8-17(22)20-14-6-7-16-15(10-14)21-18(23-16)12-4-3-5-13(19)9-12/h3-7,9-11H,8H2,1-2H3,(H,20,22). The summed E-state index contributed by atoms with van der Waals surface area (Å²) < 4.78 is 5.75. The fourth-order valence-corrected chi connectivity index (χ4v) is 2.52. The average molecular weight is 329 g/mol. The van der Waals surface area contributed by atoms with Crippen molar-refractivity contribution < 1.29 is 9.21 Å². The molecule has 1 aromatic heterocycles. The van der Waals surface area contributed by atoms with Crippen molar-refractivity contribution in [3.63, 3.8) is 0 Å². The van der Waals surface area contributed by atoms with Crippen molar-refractivity contribution in [3.8, 4) is 11.5 Å². The lowest BCUT2D eigenvalue weighted by atomic mass is 10.1. The van der Waals surface area contributed by atoms with Crippen molar-refractivity contribution in [2.24, 2.45) is 5.92 Å². The summed E-state index contributed by atoms with van der Waals surface area (Å²) in [4.78, 5) is 16.3. The molecule has 118 valence electrons. The predicted molar refractivity (Wildman–Crippen MR) is 92.5 cm³/mol. The second-order valence-corrected chi connectivity index (χ2v) is 6.29. The zero-order valence-electron chi connectivity index (χ0n) is 13.0. The van der Waals surface area contributed by atoms with E-state index in [-0.39, 0.29) is 5.91 Å². The minimum absolute atomic E-state index is 0.00194. The molecule has 3 rings (SSSR count). The first-order valence-corrected chi connectivity index (χ1v) is 7.85. The Kier molecular flexibility index (Phi) is 4.35. The molecule has 5 heteroatoms. The number of benzene rings is 2. The van der Waals surface area contributed by atoms with Gasteiger partial charge in [0.05, 0.1) is 0 Å². The van der Waals surface area contributed by atoms with Gasteiger partial charge in [-0.05, 0) is 42.3 Å². The highest BCUT2D eigenvalue weighted by Gasteiger charge is 2.11. The van der Waals surface area contributed by atoms with E-state index in [2.05, 4.69) is 10.3 Å². The van der Waals surface area contributed by atoms with E-state index < -0.39 is 0 Å². The van der Waals surface area contributed by atoms with Crippen molar-refractivity contribution in [1.29, 1.82) is 0 Å². The molecule has 0 saturated carbocycles. The van der Waals surface area contributed by atoms with E-state index in [0.717, 1.165) is 5.56 Å². The highest BCUT2D eigenvalue weighted by atomic mass is 35.5. The lowest BCUT2D eigenvalue weighted by molar-refractivity contribution is -0.116. The van der Waals surface area contributed by atoms with Gasteiger partial charge in [0, 0.05) is 22.7 Å². The van der Waals surface area contributed by atoms with E-state index in [4.69, 9.17) is 16.0 Å². The first kappa shape index (κ1) is 15.6. The Morgan fingerprint density at radius 1 is 1.26 bits per heavy atom. The molecular formula is C18H17ClN2O2. The van der Waals surface area contributed by atoms with Gasteiger partial charge >= 0.3 is 0 Å². The molecule has 1 heterocycles. The van der Waals surface area contributed by atoms with Crippen LogP contribution < -0.4 is 5.32 Å². The lowest BCUT2D eigenvalue weighted by Crippen LogP contribution is -2.13. The number of aromatic nitrogens is 1. The van der Waals surface area contributed by atoms with Crippen LogP contribution in [0.25, 0.3) is 22.6 Å². The zero-order valence-corrected chi connectivity index (χ0v) is 13.7. The van der Waals surface area contributed by atoms with Crippen LogP contribution in [0.3, 0.4) is 0 Å². The van der Waals surface area contributed by atoms with Crippen molar-refractivity contribution in [3.05, 3.63) is 47.5 Å². The molecule has 0 radical (unpaired) electrons. The first-order valence-electron chi connectivity index (χ1n) is 7.47. The van der Waals surface area contributed by atoms with Gasteiger partial charge in [0.1, 0.15) is 5.52 Å². The van der Waals surface area contributed by atoms with Crippen molar-refractivity contribution >= 4 is 34.3 Å². The molecule has 0 spiro atoms. The van der Waals surface area contributed by atoms with E-state index in [1.165, 1.54) is 0 Å². The van der Waals surface area contributed by atoms with Crippen LogP contribution >= 0.6 is 11.6 Å². The number of anilines is 1. The van der Waals surface area contributed by atoms with Crippen LogP contribution in [-0.4, -0.2) is 10.9 Å². The lowest BCUT2D eigenvalue weighted by Gasteiger charge is -2.06. The van der Waals surface area contributed by atoms with Gasteiger partial charge in [-0.25, -0.2) is 4.98 Å². The molecule has 0 unspecified atom stereocenters. The van der Waals surface area contributed by atoms with Crippen molar-refractivity contribution in [1.82, 2.24) is 4.98 Å². The number of amides is 1. The molecular weight excluding hydrogens is 312 g/mol. The molecule has 0 atom stereocenters. The van der Waals surface area contributed by atoms with E-state index in [9.17, 15) is 4.79 Å². The Morgan fingerprint density at radius 3 is 2.83 bits per heavy atom. The molecule has 0 aliphatic rings. The Bertz CT molecular complexity index is 855. The SMILES string of the molecule is CC(C)CC(=O)Nc1ccc2oc(-c3cccc(Cl)c3)nc2c1. The normalized spacial score (nSPS) is 11.1. The summed E-state index contributed by atoms with van der Waals surface area (Å²) in [7, 11) is 0. The summed E-state index contributed by atoms with van der Waals surface area (Å²) in [6, 6.07) is 12.8. The molecule has 23 heavy (non-hydrogen) atoms. The summed E-state index contributed by atoms with van der Waals surface area (Å²) >= 11 is 6.00. The Balaban J connectivity index is 1.87. The molecule has 0 bridgehead atoms. The largest absolute Gasteiger partial charge is 0.436 e. The molecule has 0 aliphatic heterocycles. The van der Waals surface area contributed by atoms with Gasteiger partial charge in [-0.2, -0.15) is 0 Å². The number of fused-ring (bicyclic) bond motifs is 1. The van der Waals surface area contributed by atoms with Crippen LogP contribution in [-0.2, 0) is 4.79 Å². The third-order valence-electron chi connectivity index (χ3n) is 3.34. The van der Waals surface area contributed by atoms with Crippen LogP contribution in [0.5, 0.6) is 0 Å². The van der Waals surface area contributed by atoms with Crippen molar-refractivity contribution in [2.45, 2.75) is 20.3 Å². The van der Waals surface area contributed by atoms with Crippen LogP contribution in [0.2, 0.25) is 5.02 Å². The van der Waals surface area contributed by atoms with E-state index in [0.29, 0.717) is 40.0 Å².